The van der Waals surface area contributed by atoms with Crippen molar-refractivity contribution in [3.05, 3.63) is 54.4 Å². The van der Waals surface area contributed by atoms with Crippen LogP contribution in [0.25, 0.3) is 0 Å². The summed E-state index contributed by atoms with van der Waals surface area (Å²) < 4.78 is 29.2. The molecule has 0 N–H and O–H groups in total. The second kappa shape index (κ2) is 8.14. The number of hydrogen-bond donors (Lipinski definition) is 0. The van der Waals surface area contributed by atoms with Gasteiger partial charge in [-0.25, -0.2) is 8.42 Å². The topological polar surface area (TPSA) is 76.6 Å². The number of rotatable bonds is 6. The van der Waals surface area contributed by atoms with Crippen molar-refractivity contribution in [3.63, 3.8) is 0 Å². The second-order valence-electron chi connectivity index (χ2n) is 8.00. The van der Waals surface area contributed by atoms with E-state index in [2.05, 4.69) is 9.88 Å². The number of pyridine rings is 1. The third kappa shape index (κ3) is 4.61. The average Bonchev–Trinajstić information content (AvgIpc) is 2.97. The number of aromatic nitrogens is 1. The molecule has 0 radical (unpaired) electrons. The summed E-state index contributed by atoms with van der Waals surface area (Å²) in [6, 6.07) is 11.1. The van der Waals surface area contributed by atoms with Crippen LogP contribution in [0.2, 0.25) is 0 Å². The van der Waals surface area contributed by atoms with Crippen LogP contribution in [-0.2, 0) is 21.1 Å². The van der Waals surface area contributed by atoms with Gasteiger partial charge in [-0.2, -0.15) is 0 Å². The van der Waals surface area contributed by atoms with Crippen molar-refractivity contribution in [2.24, 2.45) is 0 Å². The van der Waals surface area contributed by atoms with Crippen molar-refractivity contribution in [1.82, 2.24) is 9.88 Å². The molecule has 3 heterocycles. The van der Waals surface area contributed by atoms with Crippen LogP contribution in [0.15, 0.2) is 53.7 Å². The van der Waals surface area contributed by atoms with Crippen LogP contribution < -0.4 is 4.74 Å². The second-order valence-corrected chi connectivity index (χ2v) is 10.0. The van der Waals surface area contributed by atoms with Crippen LogP contribution in [0.3, 0.4) is 0 Å². The molecule has 1 aromatic carbocycles. The molecule has 2 aliphatic rings. The molecule has 0 spiro atoms. The third-order valence-electron chi connectivity index (χ3n) is 5.91. The van der Waals surface area contributed by atoms with E-state index in [1.54, 1.807) is 36.7 Å². The van der Waals surface area contributed by atoms with Gasteiger partial charge in [-0.1, -0.05) is 12.1 Å². The fraction of sp³-hybridized carbons (Fsp3) is 0.455. The zero-order valence-corrected chi connectivity index (χ0v) is 17.3. The zero-order chi connectivity index (χ0) is 20.4. The Morgan fingerprint density at radius 3 is 2.28 bits per heavy atom. The van der Waals surface area contributed by atoms with E-state index >= 15 is 0 Å². The number of fused-ring (bicyclic) bond motifs is 2. The maximum atomic E-state index is 12.9. The number of ether oxygens (including phenoxy) is 1. The van der Waals surface area contributed by atoms with Crippen molar-refractivity contribution < 1.29 is 17.9 Å². The molecule has 6 nitrogen and oxygen atoms in total. The number of piperidine rings is 1. The summed E-state index contributed by atoms with van der Waals surface area (Å²) in [6.45, 7) is 0. The molecule has 2 aliphatic heterocycles. The van der Waals surface area contributed by atoms with E-state index in [0.29, 0.717) is 17.7 Å². The van der Waals surface area contributed by atoms with Crippen LogP contribution >= 0.6 is 0 Å². The Kier molecular flexibility index (Phi) is 5.58. The van der Waals surface area contributed by atoms with Gasteiger partial charge in [0.2, 0.25) is 5.91 Å². The number of hydrogen-bond acceptors (Lipinski definition) is 5. The molecule has 1 aromatic heterocycles. The molecular formula is C22H26N2O4S. The van der Waals surface area contributed by atoms with Gasteiger partial charge in [-0.15, -0.1) is 0 Å². The lowest BCUT2D eigenvalue weighted by Crippen LogP contribution is -2.49. The quantitative estimate of drug-likeness (QED) is 0.726. The smallest absolute Gasteiger partial charge is 0.223 e. The first-order valence-electron chi connectivity index (χ1n) is 10.1. The van der Waals surface area contributed by atoms with Crippen LogP contribution in [0.4, 0.5) is 0 Å². The standard InChI is InChI=1S/C22H26N2O4S/c1-29(26,27)21-7-2-16(3-8-21)4-9-22(25)24-17-5-6-18(24)15-20(14-17)28-19-10-12-23-13-11-19/h2-3,7-8,10-13,17-18,20H,4-6,9,14-15H2,1H3/t17-,18-/m0/s1. The number of amides is 1. The van der Waals surface area contributed by atoms with E-state index < -0.39 is 9.84 Å². The van der Waals surface area contributed by atoms with Gasteiger partial charge in [0.05, 0.1) is 4.90 Å². The van der Waals surface area contributed by atoms with Gasteiger partial charge in [-0.05, 0) is 49.1 Å². The predicted octanol–water partition coefficient (Wildman–Crippen LogP) is 3.02. The largest absolute Gasteiger partial charge is 0.490 e. The lowest BCUT2D eigenvalue weighted by atomic mass is 9.98. The highest BCUT2D eigenvalue weighted by Crippen LogP contribution is 2.37. The summed E-state index contributed by atoms with van der Waals surface area (Å²) in [5.74, 6) is 1.02. The molecule has 2 saturated heterocycles. The molecule has 0 aliphatic carbocycles. The van der Waals surface area contributed by atoms with Gasteiger partial charge in [0.15, 0.2) is 9.84 Å². The Bertz CT molecular complexity index is 946. The van der Waals surface area contributed by atoms with Crippen LogP contribution in [0.1, 0.15) is 37.7 Å². The highest BCUT2D eigenvalue weighted by molar-refractivity contribution is 7.90. The number of aryl methyl sites for hydroxylation is 1. The predicted molar refractivity (Wildman–Crippen MR) is 109 cm³/mol. The highest BCUT2D eigenvalue weighted by atomic mass is 32.2. The fourth-order valence-electron chi connectivity index (χ4n) is 4.52. The first-order chi connectivity index (χ1) is 13.9. The lowest BCUT2D eigenvalue weighted by Gasteiger charge is -2.39. The van der Waals surface area contributed by atoms with Crippen molar-refractivity contribution in [2.45, 2.75) is 61.6 Å². The van der Waals surface area contributed by atoms with Crippen LogP contribution in [0, 0.1) is 0 Å². The van der Waals surface area contributed by atoms with E-state index in [-0.39, 0.29) is 24.1 Å². The molecule has 0 saturated carbocycles. The minimum absolute atomic E-state index is 0.141. The Labute approximate surface area is 171 Å². The average molecular weight is 415 g/mol. The highest BCUT2D eigenvalue weighted by Gasteiger charge is 2.43. The van der Waals surface area contributed by atoms with Gasteiger partial charge in [0, 0.05) is 50.0 Å². The summed E-state index contributed by atoms with van der Waals surface area (Å²) >= 11 is 0. The SMILES string of the molecule is CS(=O)(=O)c1ccc(CCC(=O)N2[C@H]3CC[C@H]2CC(Oc2ccncc2)C3)cc1. The minimum Gasteiger partial charge on any atom is -0.490 e. The van der Waals surface area contributed by atoms with Gasteiger partial charge >= 0.3 is 0 Å². The number of nitrogens with zero attached hydrogens (tertiary/aromatic N) is 2. The summed E-state index contributed by atoms with van der Waals surface area (Å²) in [4.78, 5) is 19.3. The number of carbonyl (C=O) groups is 1. The number of benzene rings is 1. The summed E-state index contributed by atoms with van der Waals surface area (Å²) in [6.07, 6.45) is 9.67. The van der Waals surface area contributed by atoms with E-state index in [1.165, 1.54) is 6.26 Å². The molecule has 7 heteroatoms. The zero-order valence-electron chi connectivity index (χ0n) is 16.5. The van der Waals surface area contributed by atoms with E-state index in [1.807, 2.05) is 12.1 Å². The lowest BCUT2D eigenvalue weighted by molar-refractivity contribution is -0.137. The minimum atomic E-state index is -3.19. The molecule has 2 bridgehead atoms. The first kappa shape index (κ1) is 19.9. The molecule has 1 amide bonds. The Balaban J connectivity index is 1.33. The van der Waals surface area contributed by atoms with E-state index in [0.717, 1.165) is 37.0 Å². The first-order valence-corrected chi connectivity index (χ1v) is 12.0. The van der Waals surface area contributed by atoms with Gasteiger partial charge in [-0.3, -0.25) is 9.78 Å². The van der Waals surface area contributed by atoms with Crippen molar-refractivity contribution >= 4 is 15.7 Å². The monoisotopic (exact) mass is 414 g/mol. The van der Waals surface area contributed by atoms with Crippen LogP contribution in [-0.4, -0.2) is 48.7 Å². The third-order valence-corrected chi connectivity index (χ3v) is 7.04. The van der Waals surface area contributed by atoms with Crippen LogP contribution in [0.5, 0.6) is 5.75 Å². The van der Waals surface area contributed by atoms with Gasteiger partial charge < -0.3 is 9.64 Å². The van der Waals surface area contributed by atoms with E-state index in [4.69, 9.17) is 4.74 Å². The van der Waals surface area contributed by atoms with Gasteiger partial charge in [0.25, 0.3) is 0 Å². The van der Waals surface area contributed by atoms with Crippen molar-refractivity contribution in [3.8, 4) is 5.75 Å². The molecule has 2 aromatic rings. The fourth-order valence-corrected chi connectivity index (χ4v) is 5.15. The molecule has 0 unspecified atom stereocenters. The molecule has 154 valence electrons. The Morgan fingerprint density at radius 1 is 1.07 bits per heavy atom. The van der Waals surface area contributed by atoms with Crippen molar-refractivity contribution in [2.75, 3.05) is 6.26 Å². The summed E-state index contributed by atoms with van der Waals surface area (Å²) in [7, 11) is -3.19. The molecule has 4 rings (SSSR count). The molecule has 29 heavy (non-hydrogen) atoms. The summed E-state index contributed by atoms with van der Waals surface area (Å²) in [5, 5.41) is 0. The van der Waals surface area contributed by atoms with Gasteiger partial charge in [0.1, 0.15) is 11.9 Å². The maximum absolute atomic E-state index is 12.9. The van der Waals surface area contributed by atoms with Crippen molar-refractivity contribution in [1.29, 1.82) is 0 Å². The normalized spacial score (nSPS) is 23.8. The molecular weight excluding hydrogens is 388 g/mol. The number of sulfone groups is 1. The molecule has 2 atom stereocenters. The molecule has 2 fully saturated rings. The summed E-state index contributed by atoms with van der Waals surface area (Å²) in [5.41, 5.74) is 0.981. The Morgan fingerprint density at radius 2 is 1.69 bits per heavy atom. The Hall–Kier alpha value is -2.41. The number of carbonyl (C=O) groups excluding carboxylic acids is 1. The maximum Gasteiger partial charge on any atom is 0.223 e. The van der Waals surface area contributed by atoms with E-state index in [9.17, 15) is 13.2 Å².